The smallest absolute Gasteiger partial charge is 0.271 e. The largest absolute Gasteiger partial charge is 0.322 e. The molecular formula is C22H17BrClN3O2. The Kier molecular flexibility index (Phi) is 6.80. The molecule has 0 aliphatic carbocycles. The number of anilines is 1. The zero-order valence-corrected chi connectivity index (χ0v) is 17.8. The van der Waals surface area contributed by atoms with Gasteiger partial charge in [0.1, 0.15) is 0 Å². The Bertz CT molecular complexity index is 1060. The maximum atomic E-state index is 12.3. The summed E-state index contributed by atoms with van der Waals surface area (Å²) in [4.78, 5) is 24.4. The number of carbonyl (C=O) groups excluding carboxylic acids is 2. The first-order valence-electron chi connectivity index (χ1n) is 8.70. The molecule has 7 heteroatoms. The van der Waals surface area contributed by atoms with Gasteiger partial charge in [0, 0.05) is 26.3 Å². The van der Waals surface area contributed by atoms with Gasteiger partial charge in [-0.15, -0.1) is 0 Å². The molecule has 0 atom stereocenters. The van der Waals surface area contributed by atoms with E-state index in [1.165, 1.54) is 0 Å². The fourth-order valence-corrected chi connectivity index (χ4v) is 3.02. The third-order valence-corrected chi connectivity index (χ3v) is 4.82. The number of nitrogens with one attached hydrogen (secondary N) is 2. The lowest BCUT2D eigenvalue weighted by atomic mass is 10.1. The fraction of sp³-hybridized carbons (Fsp3) is 0.0455. The van der Waals surface area contributed by atoms with Crippen molar-refractivity contribution in [3.8, 4) is 0 Å². The molecular weight excluding hydrogens is 454 g/mol. The van der Waals surface area contributed by atoms with Crippen molar-refractivity contribution < 1.29 is 9.59 Å². The number of carbonyl (C=O) groups is 2. The number of hydrogen-bond donors (Lipinski definition) is 2. The molecule has 0 bridgehead atoms. The molecule has 0 heterocycles. The van der Waals surface area contributed by atoms with Crippen LogP contribution in [-0.4, -0.2) is 17.5 Å². The van der Waals surface area contributed by atoms with E-state index in [1.54, 1.807) is 61.5 Å². The summed E-state index contributed by atoms with van der Waals surface area (Å²) in [7, 11) is 0. The molecule has 146 valence electrons. The van der Waals surface area contributed by atoms with Crippen LogP contribution in [0, 0.1) is 0 Å². The number of hydrazone groups is 1. The molecule has 0 saturated heterocycles. The molecule has 29 heavy (non-hydrogen) atoms. The van der Waals surface area contributed by atoms with Gasteiger partial charge in [-0.3, -0.25) is 9.59 Å². The first-order valence-corrected chi connectivity index (χ1v) is 9.87. The van der Waals surface area contributed by atoms with Gasteiger partial charge in [-0.05, 0) is 67.1 Å². The fourth-order valence-electron chi connectivity index (χ4n) is 2.49. The van der Waals surface area contributed by atoms with E-state index in [1.807, 2.05) is 18.2 Å². The molecule has 0 aromatic heterocycles. The standard InChI is InChI=1S/C22H17BrClN3O2/c1-14(26-27-22(29)17-3-2-4-18(23)13-17)15-7-11-20(12-8-15)25-21(28)16-5-9-19(24)10-6-16/h2-13H,1H3,(H,25,28)(H,27,29)/b26-14-. The Labute approximate surface area is 181 Å². The second-order valence-electron chi connectivity index (χ2n) is 6.19. The van der Waals surface area contributed by atoms with Gasteiger partial charge in [0.25, 0.3) is 11.8 Å². The number of benzene rings is 3. The SMILES string of the molecule is C/C(=N/NC(=O)c1cccc(Br)c1)c1ccc(NC(=O)c2ccc(Cl)cc2)cc1. The van der Waals surface area contributed by atoms with Gasteiger partial charge in [0.2, 0.25) is 0 Å². The van der Waals surface area contributed by atoms with Crippen molar-refractivity contribution in [1.29, 1.82) is 0 Å². The predicted molar refractivity (Wildman–Crippen MR) is 120 cm³/mol. The van der Waals surface area contributed by atoms with Crippen molar-refractivity contribution in [2.75, 3.05) is 5.32 Å². The molecule has 0 radical (unpaired) electrons. The Hall–Kier alpha value is -2.96. The molecule has 0 unspecified atom stereocenters. The first kappa shape index (κ1) is 20.8. The van der Waals surface area contributed by atoms with Gasteiger partial charge in [0.15, 0.2) is 0 Å². The summed E-state index contributed by atoms with van der Waals surface area (Å²) in [6.45, 7) is 1.79. The molecule has 3 aromatic rings. The highest BCUT2D eigenvalue weighted by molar-refractivity contribution is 9.10. The highest BCUT2D eigenvalue weighted by Gasteiger charge is 2.07. The Morgan fingerprint density at radius 1 is 0.862 bits per heavy atom. The summed E-state index contributed by atoms with van der Waals surface area (Å²) in [6, 6.07) is 20.9. The molecule has 0 spiro atoms. The van der Waals surface area contributed by atoms with Crippen LogP contribution in [0.15, 0.2) is 82.4 Å². The summed E-state index contributed by atoms with van der Waals surface area (Å²) in [5, 5.41) is 7.55. The zero-order chi connectivity index (χ0) is 20.8. The van der Waals surface area contributed by atoms with Crippen LogP contribution in [0.3, 0.4) is 0 Å². The molecule has 3 aromatic carbocycles. The van der Waals surface area contributed by atoms with Gasteiger partial charge < -0.3 is 5.32 Å². The Morgan fingerprint density at radius 3 is 2.17 bits per heavy atom. The molecule has 2 amide bonds. The molecule has 0 fully saturated rings. The number of rotatable bonds is 5. The predicted octanol–water partition coefficient (Wildman–Crippen LogP) is 5.51. The topological polar surface area (TPSA) is 70.6 Å². The van der Waals surface area contributed by atoms with E-state index in [2.05, 4.69) is 31.8 Å². The van der Waals surface area contributed by atoms with E-state index in [0.29, 0.717) is 27.5 Å². The number of nitrogens with zero attached hydrogens (tertiary/aromatic N) is 1. The summed E-state index contributed by atoms with van der Waals surface area (Å²) in [5.41, 5.74) is 5.69. The van der Waals surface area contributed by atoms with Gasteiger partial charge in [-0.1, -0.05) is 45.7 Å². The van der Waals surface area contributed by atoms with Crippen LogP contribution in [-0.2, 0) is 0 Å². The number of hydrogen-bond acceptors (Lipinski definition) is 3. The van der Waals surface area contributed by atoms with Crippen molar-refractivity contribution in [3.63, 3.8) is 0 Å². The molecule has 2 N–H and O–H groups in total. The summed E-state index contributed by atoms with van der Waals surface area (Å²) in [6.07, 6.45) is 0. The Balaban J connectivity index is 1.62. The molecule has 0 aliphatic rings. The monoisotopic (exact) mass is 469 g/mol. The molecule has 0 aliphatic heterocycles. The van der Waals surface area contributed by atoms with Gasteiger partial charge >= 0.3 is 0 Å². The van der Waals surface area contributed by atoms with Crippen LogP contribution in [0.1, 0.15) is 33.2 Å². The third-order valence-electron chi connectivity index (χ3n) is 4.08. The lowest BCUT2D eigenvalue weighted by Crippen LogP contribution is -2.19. The lowest BCUT2D eigenvalue weighted by Gasteiger charge is -2.07. The van der Waals surface area contributed by atoms with Crippen molar-refractivity contribution in [2.45, 2.75) is 6.92 Å². The minimum Gasteiger partial charge on any atom is -0.322 e. The molecule has 0 saturated carbocycles. The summed E-state index contributed by atoms with van der Waals surface area (Å²) < 4.78 is 0.821. The first-order chi connectivity index (χ1) is 13.9. The van der Waals surface area contributed by atoms with Gasteiger partial charge in [-0.2, -0.15) is 5.10 Å². The minimum absolute atomic E-state index is 0.221. The quantitative estimate of drug-likeness (QED) is 0.381. The average molecular weight is 471 g/mol. The van der Waals surface area contributed by atoms with Crippen molar-refractivity contribution in [2.24, 2.45) is 5.10 Å². The maximum absolute atomic E-state index is 12.3. The van der Waals surface area contributed by atoms with Crippen LogP contribution >= 0.6 is 27.5 Å². The summed E-state index contributed by atoms with van der Waals surface area (Å²) in [5.74, 6) is -0.515. The van der Waals surface area contributed by atoms with E-state index < -0.39 is 0 Å². The minimum atomic E-state index is -0.294. The van der Waals surface area contributed by atoms with E-state index >= 15 is 0 Å². The number of halogens is 2. The van der Waals surface area contributed by atoms with E-state index in [-0.39, 0.29) is 11.8 Å². The van der Waals surface area contributed by atoms with Crippen LogP contribution in [0.25, 0.3) is 0 Å². The van der Waals surface area contributed by atoms with Crippen LogP contribution in [0.2, 0.25) is 5.02 Å². The lowest BCUT2D eigenvalue weighted by molar-refractivity contribution is 0.0954. The van der Waals surface area contributed by atoms with Gasteiger partial charge in [-0.25, -0.2) is 5.43 Å². The second kappa shape index (κ2) is 9.49. The Morgan fingerprint density at radius 2 is 1.52 bits per heavy atom. The van der Waals surface area contributed by atoms with Crippen LogP contribution in [0.5, 0.6) is 0 Å². The normalized spacial score (nSPS) is 11.1. The van der Waals surface area contributed by atoms with Crippen molar-refractivity contribution in [1.82, 2.24) is 5.43 Å². The molecule has 3 rings (SSSR count). The van der Waals surface area contributed by atoms with E-state index in [4.69, 9.17) is 11.6 Å². The zero-order valence-electron chi connectivity index (χ0n) is 15.4. The van der Waals surface area contributed by atoms with E-state index in [9.17, 15) is 9.59 Å². The van der Waals surface area contributed by atoms with Crippen molar-refractivity contribution >= 4 is 50.7 Å². The second-order valence-corrected chi connectivity index (χ2v) is 7.54. The van der Waals surface area contributed by atoms with Crippen molar-refractivity contribution in [3.05, 3.63) is 99.0 Å². The maximum Gasteiger partial charge on any atom is 0.271 e. The number of amides is 2. The third kappa shape index (κ3) is 5.76. The average Bonchev–Trinajstić information content (AvgIpc) is 2.72. The van der Waals surface area contributed by atoms with Crippen LogP contribution in [0.4, 0.5) is 5.69 Å². The highest BCUT2D eigenvalue weighted by atomic mass is 79.9. The van der Waals surface area contributed by atoms with Gasteiger partial charge in [0.05, 0.1) is 5.71 Å². The van der Waals surface area contributed by atoms with Crippen LogP contribution < -0.4 is 10.7 Å². The van der Waals surface area contributed by atoms with E-state index in [0.717, 1.165) is 10.0 Å². The highest BCUT2D eigenvalue weighted by Crippen LogP contribution is 2.15. The summed E-state index contributed by atoms with van der Waals surface area (Å²) >= 11 is 9.18. The molecule has 5 nitrogen and oxygen atoms in total.